The van der Waals surface area contributed by atoms with Gasteiger partial charge in [-0.2, -0.15) is 0 Å². The van der Waals surface area contributed by atoms with Crippen molar-refractivity contribution in [1.82, 2.24) is 5.32 Å². The number of aliphatic carboxylic acids is 1. The molecule has 0 bridgehead atoms. The standard InChI is InChI=1S/C8H17NO2/c1-4-5-7(8(10)11)9-6(2)3/h6-7,9H,4-5H2,1-3H3,(H,10,11)/t7-/m1/s1. The largest absolute Gasteiger partial charge is 0.480 e. The van der Waals surface area contributed by atoms with Crippen LogP contribution in [0, 0.1) is 0 Å². The van der Waals surface area contributed by atoms with Gasteiger partial charge in [-0.1, -0.05) is 27.2 Å². The first kappa shape index (κ1) is 10.4. The van der Waals surface area contributed by atoms with E-state index in [4.69, 9.17) is 5.11 Å². The van der Waals surface area contributed by atoms with Crippen molar-refractivity contribution in [2.45, 2.75) is 45.7 Å². The molecule has 0 rings (SSSR count). The maximum absolute atomic E-state index is 10.6. The first-order valence-electron chi connectivity index (χ1n) is 4.06. The van der Waals surface area contributed by atoms with E-state index < -0.39 is 5.97 Å². The van der Waals surface area contributed by atoms with Gasteiger partial charge in [0.1, 0.15) is 6.04 Å². The Morgan fingerprint density at radius 1 is 1.55 bits per heavy atom. The highest BCUT2D eigenvalue weighted by Gasteiger charge is 2.15. The SMILES string of the molecule is CCC[C@@H](NC(C)C)C(=O)O. The van der Waals surface area contributed by atoms with E-state index >= 15 is 0 Å². The van der Waals surface area contributed by atoms with Gasteiger partial charge in [0.25, 0.3) is 0 Å². The van der Waals surface area contributed by atoms with Gasteiger partial charge in [-0.25, -0.2) is 0 Å². The van der Waals surface area contributed by atoms with Crippen LogP contribution in [0.15, 0.2) is 0 Å². The second kappa shape index (κ2) is 5.13. The molecule has 3 nitrogen and oxygen atoms in total. The lowest BCUT2D eigenvalue weighted by molar-refractivity contribution is -0.139. The molecular formula is C8H17NO2. The third kappa shape index (κ3) is 4.79. The van der Waals surface area contributed by atoms with Gasteiger partial charge < -0.3 is 10.4 Å². The molecule has 0 aliphatic rings. The molecule has 66 valence electrons. The summed E-state index contributed by atoms with van der Waals surface area (Å²) in [5, 5.41) is 11.7. The van der Waals surface area contributed by atoms with Crippen LogP contribution in [0.25, 0.3) is 0 Å². The molecule has 0 aromatic heterocycles. The molecule has 0 fully saturated rings. The molecule has 0 unspecified atom stereocenters. The van der Waals surface area contributed by atoms with Crippen LogP contribution in [0.4, 0.5) is 0 Å². The molecule has 0 aliphatic carbocycles. The third-order valence-electron chi connectivity index (χ3n) is 1.41. The van der Waals surface area contributed by atoms with E-state index in [9.17, 15) is 4.79 Å². The Kier molecular flexibility index (Phi) is 4.86. The third-order valence-corrected chi connectivity index (χ3v) is 1.41. The van der Waals surface area contributed by atoms with Crippen LogP contribution < -0.4 is 5.32 Å². The van der Waals surface area contributed by atoms with Gasteiger partial charge in [0.05, 0.1) is 0 Å². The maximum Gasteiger partial charge on any atom is 0.320 e. The van der Waals surface area contributed by atoms with Gasteiger partial charge in [0.2, 0.25) is 0 Å². The highest BCUT2D eigenvalue weighted by atomic mass is 16.4. The van der Waals surface area contributed by atoms with E-state index in [-0.39, 0.29) is 12.1 Å². The minimum atomic E-state index is -0.749. The number of carboxylic acids is 1. The highest BCUT2D eigenvalue weighted by molar-refractivity contribution is 5.73. The highest BCUT2D eigenvalue weighted by Crippen LogP contribution is 1.97. The number of rotatable bonds is 5. The zero-order chi connectivity index (χ0) is 8.85. The van der Waals surface area contributed by atoms with E-state index in [0.29, 0.717) is 6.42 Å². The molecule has 0 aromatic carbocycles. The summed E-state index contributed by atoms with van der Waals surface area (Å²) < 4.78 is 0. The number of nitrogens with one attached hydrogen (secondary N) is 1. The first-order valence-corrected chi connectivity index (χ1v) is 4.06. The van der Waals surface area contributed by atoms with Gasteiger partial charge in [-0.05, 0) is 6.42 Å². The van der Waals surface area contributed by atoms with Crippen molar-refractivity contribution in [1.29, 1.82) is 0 Å². The zero-order valence-corrected chi connectivity index (χ0v) is 7.42. The molecular weight excluding hydrogens is 142 g/mol. The molecule has 11 heavy (non-hydrogen) atoms. The summed E-state index contributed by atoms with van der Waals surface area (Å²) in [6.45, 7) is 5.88. The Balaban J connectivity index is 3.79. The molecule has 0 amide bonds. The lowest BCUT2D eigenvalue weighted by atomic mass is 10.1. The summed E-state index contributed by atoms with van der Waals surface area (Å²) in [4.78, 5) is 10.6. The summed E-state index contributed by atoms with van der Waals surface area (Å²) in [5.41, 5.74) is 0. The fourth-order valence-corrected chi connectivity index (χ4v) is 0.969. The molecule has 0 aliphatic heterocycles. The summed E-state index contributed by atoms with van der Waals surface area (Å²) in [6.07, 6.45) is 1.60. The van der Waals surface area contributed by atoms with E-state index in [1.165, 1.54) is 0 Å². The Labute approximate surface area is 67.8 Å². The predicted molar refractivity (Wildman–Crippen MR) is 44.6 cm³/mol. The second-order valence-electron chi connectivity index (χ2n) is 3.00. The van der Waals surface area contributed by atoms with Crippen LogP contribution in [0.2, 0.25) is 0 Å². The minimum absolute atomic E-state index is 0.239. The van der Waals surface area contributed by atoms with Crippen LogP contribution in [-0.2, 0) is 4.79 Å². The number of hydrogen-bond acceptors (Lipinski definition) is 2. The van der Waals surface area contributed by atoms with Crippen molar-refractivity contribution >= 4 is 5.97 Å². The molecule has 0 radical (unpaired) electrons. The Morgan fingerprint density at radius 3 is 2.36 bits per heavy atom. The van der Waals surface area contributed by atoms with Crippen LogP contribution in [0.1, 0.15) is 33.6 Å². The smallest absolute Gasteiger partial charge is 0.320 e. The number of carbonyl (C=O) groups is 1. The Bertz CT molecular complexity index is 123. The van der Waals surface area contributed by atoms with E-state index in [0.717, 1.165) is 6.42 Å². The summed E-state index contributed by atoms with van der Waals surface area (Å²) in [7, 11) is 0. The monoisotopic (exact) mass is 159 g/mol. The van der Waals surface area contributed by atoms with Crippen molar-refractivity contribution in [2.24, 2.45) is 0 Å². The maximum atomic E-state index is 10.6. The molecule has 0 spiro atoms. The van der Waals surface area contributed by atoms with Gasteiger partial charge in [-0.15, -0.1) is 0 Å². The summed E-state index contributed by atoms with van der Waals surface area (Å²) in [5.74, 6) is -0.749. The van der Waals surface area contributed by atoms with Crippen LogP contribution in [0.5, 0.6) is 0 Å². The van der Waals surface area contributed by atoms with Crippen LogP contribution in [-0.4, -0.2) is 23.2 Å². The van der Waals surface area contributed by atoms with Gasteiger partial charge in [0, 0.05) is 6.04 Å². The fourth-order valence-electron chi connectivity index (χ4n) is 0.969. The predicted octanol–water partition coefficient (Wildman–Crippen LogP) is 1.24. The Hall–Kier alpha value is -0.570. The van der Waals surface area contributed by atoms with Crippen molar-refractivity contribution in [3.8, 4) is 0 Å². The molecule has 3 heteroatoms. The lowest BCUT2D eigenvalue weighted by Gasteiger charge is -2.15. The molecule has 0 aromatic rings. The lowest BCUT2D eigenvalue weighted by Crippen LogP contribution is -2.40. The molecule has 2 N–H and O–H groups in total. The molecule has 0 heterocycles. The van der Waals surface area contributed by atoms with Gasteiger partial charge in [-0.3, -0.25) is 4.79 Å². The van der Waals surface area contributed by atoms with Gasteiger partial charge in [0.15, 0.2) is 0 Å². The number of hydrogen-bond donors (Lipinski definition) is 2. The quantitative estimate of drug-likeness (QED) is 0.634. The first-order chi connectivity index (χ1) is 5.07. The van der Waals surface area contributed by atoms with E-state index in [2.05, 4.69) is 5.32 Å². The Morgan fingerprint density at radius 2 is 2.09 bits per heavy atom. The van der Waals surface area contributed by atoms with E-state index in [1.54, 1.807) is 0 Å². The average molecular weight is 159 g/mol. The van der Waals surface area contributed by atoms with E-state index in [1.807, 2.05) is 20.8 Å². The average Bonchev–Trinajstić information content (AvgIpc) is 1.86. The second-order valence-corrected chi connectivity index (χ2v) is 3.00. The summed E-state index contributed by atoms with van der Waals surface area (Å²) in [6, 6.07) is -0.136. The molecule has 0 saturated heterocycles. The van der Waals surface area contributed by atoms with Crippen molar-refractivity contribution in [2.75, 3.05) is 0 Å². The van der Waals surface area contributed by atoms with Crippen molar-refractivity contribution in [3.63, 3.8) is 0 Å². The van der Waals surface area contributed by atoms with Crippen molar-refractivity contribution < 1.29 is 9.90 Å². The van der Waals surface area contributed by atoms with Gasteiger partial charge >= 0.3 is 5.97 Å². The summed E-state index contributed by atoms with van der Waals surface area (Å²) >= 11 is 0. The fraction of sp³-hybridized carbons (Fsp3) is 0.875. The number of carboxylic acid groups (broad SMARTS) is 1. The van der Waals surface area contributed by atoms with Crippen molar-refractivity contribution in [3.05, 3.63) is 0 Å². The topological polar surface area (TPSA) is 49.3 Å². The normalized spacial score (nSPS) is 13.5. The molecule has 0 saturated carbocycles. The minimum Gasteiger partial charge on any atom is -0.480 e. The van der Waals surface area contributed by atoms with Crippen LogP contribution >= 0.6 is 0 Å². The zero-order valence-electron chi connectivity index (χ0n) is 7.42. The van der Waals surface area contributed by atoms with Crippen LogP contribution in [0.3, 0.4) is 0 Å². The molecule has 1 atom stereocenters.